The van der Waals surface area contributed by atoms with E-state index < -0.39 is 5.97 Å². The monoisotopic (exact) mass is 766 g/mol. The molecule has 2 aliphatic rings. The van der Waals surface area contributed by atoms with Gasteiger partial charge in [0.15, 0.2) is 16.9 Å². The largest absolute Gasteiger partial charge is 0.481 e. The highest BCUT2D eigenvalue weighted by Gasteiger charge is 2.25. The molecule has 1 atom stereocenters. The van der Waals surface area contributed by atoms with Crippen molar-refractivity contribution in [3.63, 3.8) is 0 Å². The number of rotatable bonds is 11. The molecule has 2 aromatic carbocycles. The molecular weight excluding hydrogens is 721 g/mol. The van der Waals surface area contributed by atoms with E-state index in [0.717, 1.165) is 69.5 Å². The maximum absolute atomic E-state index is 11.4. The summed E-state index contributed by atoms with van der Waals surface area (Å²) in [6.45, 7) is 9.12. The topological polar surface area (TPSA) is 165 Å². The number of benzene rings is 2. The number of nitrogens with zero attached hydrogens (tertiary/aromatic N) is 7. The van der Waals surface area contributed by atoms with Crippen LogP contribution in [0.5, 0.6) is 0 Å². The first-order valence-corrected chi connectivity index (χ1v) is 19.4. The number of piperidine rings is 1. The smallest absolute Gasteiger partial charge is 0.306 e. The number of β-amino-alcohol motifs (C(OH)–C–C–N with tert-alkyl or cyclic N) is 1. The van der Waals surface area contributed by atoms with Gasteiger partial charge in [-0.3, -0.25) is 14.7 Å². The van der Waals surface area contributed by atoms with Gasteiger partial charge in [-0.15, -0.1) is 0 Å². The number of carboxylic acids is 1. The Morgan fingerprint density at radius 2 is 1.75 bits per heavy atom. The fourth-order valence-corrected chi connectivity index (χ4v) is 8.29. The van der Waals surface area contributed by atoms with Gasteiger partial charge < -0.3 is 34.3 Å². The molecule has 0 unspecified atom stereocenters. The van der Waals surface area contributed by atoms with Crippen LogP contribution in [-0.2, 0) is 22.7 Å². The van der Waals surface area contributed by atoms with Gasteiger partial charge in [0.2, 0.25) is 0 Å². The van der Waals surface area contributed by atoms with E-state index in [1.165, 1.54) is 7.11 Å². The molecule has 4 aromatic heterocycles. The van der Waals surface area contributed by atoms with Gasteiger partial charge in [-0.2, -0.15) is 5.26 Å². The second-order valence-corrected chi connectivity index (χ2v) is 15.1. The van der Waals surface area contributed by atoms with Crippen molar-refractivity contribution >= 4 is 39.3 Å². The summed E-state index contributed by atoms with van der Waals surface area (Å²) in [6.07, 6.45) is 7.23. The minimum absolute atomic E-state index is 0.259. The predicted octanol–water partition coefficient (Wildman–Crippen LogP) is 6.57. The lowest BCUT2D eigenvalue weighted by Gasteiger charge is -2.30. The molecule has 57 heavy (non-hydrogen) atoms. The minimum atomic E-state index is -0.732. The fourth-order valence-electron chi connectivity index (χ4n) is 8.29. The van der Waals surface area contributed by atoms with E-state index in [2.05, 4.69) is 63.4 Å². The number of aliphatic hydroxyl groups is 1. The van der Waals surface area contributed by atoms with Gasteiger partial charge in [0, 0.05) is 68.0 Å². The third kappa shape index (κ3) is 7.72. The second kappa shape index (κ2) is 16.2. The molecule has 0 aliphatic carbocycles. The lowest BCUT2D eigenvalue weighted by molar-refractivity contribution is -0.143. The number of hydrogen-bond acceptors (Lipinski definition) is 11. The average molecular weight is 767 g/mol. The lowest BCUT2D eigenvalue weighted by atomic mass is 9.92. The van der Waals surface area contributed by atoms with Crippen LogP contribution in [0, 0.1) is 31.1 Å². The van der Waals surface area contributed by atoms with Crippen molar-refractivity contribution in [1.82, 2.24) is 24.3 Å². The number of pyridine rings is 3. The normalized spacial score (nSPS) is 17.0. The molecule has 3 N–H and O–H groups in total. The Balaban J connectivity index is 1.08. The molecule has 6 heterocycles. The zero-order valence-corrected chi connectivity index (χ0v) is 32.4. The van der Waals surface area contributed by atoms with E-state index in [9.17, 15) is 20.3 Å². The van der Waals surface area contributed by atoms with Gasteiger partial charge in [0.1, 0.15) is 30.0 Å². The summed E-state index contributed by atoms with van der Waals surface area (Å²) in [4.78, 5) is 30.7. The molecule has 2 saturated heterocycles. The van der Waals surface area contributed by atoms with Crippen LogP contribution in [0.4, 0.5) is 11.5 Å². The number of aliphatic carboxylic acids is 1. The Morgan fingerprint density at radius 3 is 2.49 bits per heavy atom. The number of furan rings is 1. The molecule has 13 nitrogen and oxygen atoms in total. The Bertz CT molecular complexity index is 2580. The van der Waals surface area contributed by atoms with Crippen LogP contribution >= 0.6 is 0 Å². The highest BCUT2D eigenvalue weighted by atomic mass is 16.6. The maximum atomic E-state index is 11.4. The van der Waals surface area contributed by atoms with Gasteiger partial charge in [-0.25, -0.2) is 4.98 Å². The molecule has 13 heteroatoms. The SMILES string of the molecule is CO/N=c1/c2cc(-c3cccc(-c4cccc(Nc5nccc6cc(CN7CC[C@@H](O)C7)cnc56)c4C)c3C)oc2c(C#N)cn1CCN1CCC(C(=O)O)CC1. The first-order chi connectivity index (χ1) is 27.7. The van der Waals surface area contributed by atoms with E-state index in [4.69, 9.17) is 14.2 Å². The van der Waals surface area contributed by atoms with Crippen LogP contribution in [0.15, 0.2) is 82.8 Å². The number of fused-ring (bicyclic) bond motifs is 2. The fraction of sp³-hybridized carbons (Fsp3) is 0.341. The first kappa shape index (κ1) is 37.8. The summed E-state index contributed by atoms with van der Waals surface area (Å²) in [5, 5.41) is 39.2. The summed E-state index contributed by atoms with van der Waals surface area (Å²) < 4.78 is 8.40. The molecule has 6 aromatic rings. The Kier molecular flexibility index (Phi) is 10.7. The quantitative estimate of drug-likeness (QED) is 0.122. The molecular formula is C44H46N8O5. The van der Waals surface area contributed by atoms with Crippen molar-refractivity contribution in [2.45, 2.75) is 52.3 Å². The Labute approximate surface area is 330 Å². The van der Waals surface area contributed by atoms with E-state index in [0.29, 0.717) is 79.2 Å². The van der Waals surface area contributed by atoms with Crippen molar-refractivity contribution < 1.29 is 24.3 Å². The predicted molar refractivity (Wildman–Crippen MR) is 217 cm³/mol. The van der Waals surface area contributed by atoms with Gasteiger partial charge in [-0.1, -0.05) is 35.5 Å². The number of nitriles is 1. The highest BCUT2D eigenvalue weighted by molar-refractivity contribution is 5.92. The number of nitrogens with one attached hydrogen (secondary N) is 1. The van der Waals surface area contributed by atoms with Crippen molar-refractivity contribution in [3.8, 4) is 28.5 Å². The molecule has 0 radical (unpaired) electrons. The third-order valence-corrected chi connectivity index (χ3v) is 11.5. The van der Waals surface area contributed by atoms with Crippen molar-refractivity contribution in [1.29, 1.82) is 5.26 Å². The number of carbonyl (C=O) groups is 1. The van der Waals surface area contributed by atoms with Crippen molar-refractivity contribution in [2.24, 2.45) is 11.1 Å². The van der Waals surface area contributed by atoms with Crippen LogP contribution in [0.1, 0.15) is 41.5 Å². The molecule has 2 aliphatic heterocycles. The van der Waals surface area contributed by atoms with Crippen LogP contribution < -0.4 is 10.8 Å². The summed E-state index contributed by atoms with van der Waals surface area (Å²) in [7, 11) is 1.50. The van der Waals surface area contributed by atoms with Crippen molar-refractivity contribution in [3.05, 3.63) is 101 Å². The summed E-state index contributed by atoms with van der Waals surface area (Å²) >= 11 is 0. The number of aliphatic hydroxyl groups excluding tert-OH is 1. The lowest BCUT2D eigenvalue weighted by Crippen LogP contribution is -2.39. The van der Waals surface area contributed by atoms with E-state index in [1.807, 2.05) is 47.2 Å². The van der Waals surface area contributed by atoms with Crippen LogP contribution in [0.3, 0.4) is 0 Å². The maximum Gasteiger partial charge on any atom is 0.306 e. The third-order valence-electron chi connectivity index (χ3n) is 11.5. The van der Waals surface area contributed by atoms with Crippen LogP contribution in [0.25, 0.3) is 44.3 Å². The minimum Gasteiger partial charge on any atom is -0.481 e. The molecule has 0 saturated carbocycles. The summed E-state index contributed by atoms with van der Waals surface area (Å²) in [5.41, 5.74) is 9.22. The molecule has 292 valence electrons. The standard InChI is InChI=1S/C44H46N8O5/c1-27-34(35-7-5-9-38(28(35)2)48-42-40-31(10-14-46-42)20-29(23-47-40)24-51-17-13-33(53)26-51)6-4-8-36(27)39-21-37-41(57-39)32(22-45)25-52(43(37)49-56-3)19-18-50-15-11-30(12-16-50)44(54)55/h4-10,14,20-21,23,25,30,33,53H,11-13,15-19,24,26H2,1-3H3,(H,46,48)(H,54,55)/b49-43-/t33-/m1/s1. The van der Waals surface area contributed by atoms with E-state index in [1.54, 1.807) is 12.4 Å². The van der Waals surface area contributed by atoms with E-state index >= 15 is 0 Å². The molecule has 0 bridgehead atoms. The second-order valence-electron chi connectivity index (χ2n) is 15.1. The van der Waals surface area contributed by atoms with Crippen LogP contribution in [-0.4, -0.2) is 86.5 Å². The van der Waals surface area contributed by atoms with E-state index in [-0.39, 0.29) is 12.0 Å². The number of likely N-dealkylation sites (tertiary alicyclic amines) is 2. The summed E-state index contributed by atoms with van der Waals surface area (Å²) in [5.74, 6) is 0.256. The molecule has 0 amide bonds. The first-order valence-electron chi connectivity index (χ1n) is 19.4. The summed E-state index contributed by atoms with van der Waals surface area (Å²) in [6, 6.07) is 20.7. The van der Waals surface area contributed by atoms with Crippen molar-refractivity contribution in [2.75, 3.05) is 45.2 Å². The number of carboxylic acid groups (broad SMARTS) is 1. The van der Waals surface area contributed by atoms with Gasteiger partial charge >= 0.3 is 5.97 Å². The molecule has 0 spiro atoms. The zero-order chi connectivity index (χ0) is 39.6. The Morgan fingerprint density at radius 1 is 1.00 bits per heavy atom. The van der Waals surface area contributed by atoms with Gasteiger partial charge in [0.05, 0.1) is 17.4 Å². The Hall–Kier alpha value is -6.07. The molecule has 8 rings (SSSR count). The number of aromatic nitrogens is 3. The highest BCUT2D eigenvalue weighted by Crippen LogP contribution is 2.38. The average Bonchev–Trinajstić information content (AvgIpc) is 3.85. The zero-order valence-electron chi connectivity index (χ0n) is 32.4. The van der Waals surface area contributed by atoms with Crippen LogP contribution in [0.2, 0.25) is 0 Å². The number of anilines is 2. The molecule has 2 fully saturated rings. The number of hydrogen-bond donors (Lipinski definition) is 3. The van der Waals surface area contributed by atoms with Gasteiger partial charge in [0.25, 0.3) is 0 Å². The van der Waals surface area contributed by atoms with Gasteiger partial charge in [-0.05, 0) is 98.3 Å².